The highest BCUT2D eigenvalue weighted by Crippen LogP contribution is 2.26. The van der Waals surface area contributed by atoms with E-state index in [0.717, 1.165) is 6.42 Å². The van der Waals surface area contributed by atoms with E-state index in [2.05, 4.69) is 22.8 Å². The summed E-state index contributed by atoms with van der Waals surface area (Å²) in [7, 11) is 0. The number of thiophene rings is 1. The summed E-state index contributed by atoms with van der Waals surface area (Å²) in [4.78, 5) is 12.2. The molecule has 0 bridgehead atoms. The first-order valence-corrected chi connectivity index (χ1v) is 8.97. The van der Waals surface area contributed by atoms with Gasteiger partial charge >= 0.3 is 0 Å². The lowest BCUT2D eigenvalue weighted by Crippen LogP contribution is -2.35. The second kappa shape index (κ2) is 7.32. The highest BCUT2D eigenvalue weighted by atomic mass is 35.5. The third-order valence-electron chi connectivity index (χ3n) is 3.89. The van der Waals surface area contributed by atoms with Crippen LogP contribution in [0.25, 0.3) is 10.1 Å². The van der Waals surface area contributed by atoms with Crippen molar-refractivity contribution in [3.8, 4) is 0 Å². The normalized spacial score (nSPS) is 12.3. The first kappa shape index (κ1) is 16.9. The van der Waals surface area contributed by atoms with Gasteiger partial charge in [-0.05, 0) is 47.9 Å². The van der Waals surface area contributed by atoms with E-state index in [9.17, 15) is 9.18 Å². The summed E-state index contributed by atoms with van der Waals surface area (Å²) in [6.45, 7) is 1.95. The molecule has 0 saturated carbocycles. The molecule has 0 saturated heterocycles. The van der Waals surface area contributed by atoms with Gasteiger partial charge in [0.2, 0.25) is 5.91 Å². The van der Waals surface area contributed by atoms with E-state index in [-0.39, 0.29) is 29.0 Å². The number of halogens is 2. The molecule has 1 N–H and O–H groups in total. The zero-order valence-electron chi connectivity index (χ0n) is 13.2. The SMILES string of the molecule is CC(Cc1csc2ccccc12)NC(=O)Cc1c(F)cccc1Cl. The number of amides is 1. The smallest absolute Gasteiger partial charge is 0.224 e. The topological polar surface area (TPSA) is 29.1 Å². The Hall–Kier alpha value is -1.91. The van der Waals surface area contributed by atoms with Crippen LogP contribution >= 0.6 is 22.9 Å². The molecular formula is C19H17ClFNOS. The Morgan fingerprint density at radius 2 is 2.04 bits per heavy atom. The van der Waals surface area contributed by atoms with Crippen molar-refractivity contribution in [1.82, 2.24) is 5.32 Å². The molecule has 3 rings (SSSR count). The van der Waals surface area contributed by atoms with E-state index in [1.807, 2.05) is 19.1 Å². The van der Waals surface area contributed by atoms with E-state index in [0.29, 0.717) is 0 Å². The molecule has 0 fully saturated rings. The molecule has 1 aromatic heterocycles. The van der Waals surface area contributed by atoms with Crippen molar-refractivity contribution < 1.29 is 9.18 Å². The molecule has 1 unspecified atom stereocenters. The number of carbonyl (C=O) groups excluding carboxylic acids is 1. The monoisotopic (exact) mass is 361 g/mol. The zero-order chi connectivity index (χ0) is 17.1. The van der Waals surface area contributed by atoms with Crippen molar-refractivity contribution in [3.63, 3.8) is 0 Å². The Morgan fingerprint density at radius 1 is 1.25 bits per heavy atom. The number of carbonyl (C=O) groups is 1. The minimum Gasteiger partial charge on any atom is -0.353 e. The number of fused-ring (bicyclic) bond motifs is 1. The molecule has 0 aliphatic carbocycles. The fraction of sp³-hybridized carbons (Fsp3) is 0.211. The molecule has 2 aromatic carbocycles. The number of nitrogens with one attached hydrogen (secondary N) is 1. The van der Waals surface area contributed by atoms with Crippen LogP contribution in [0.15, 0.2) is 47.8 Å². The highest BCUT2D eigenvalue weighted by Gasteiger charge is 2.15. The molecule has 0 aliphatic heterocycles. The molecular weight excluding hydrogens is 345 g/mol. The summed E-state index contributed by atoms with van der Waals surface area (Å²) in [6.07, 6.45) is 0.682. The molecule has 0 spiro atoms. The van der Waals surface area contributed by atoms with Crippen LogP contribution in [0.5, 0.6) is 0 Å². The van der Waals surface area contributed by atoms with Crippen molar-refractivity contribution in [3.05, 3.63) is 69.8 Å². The van der Waals surface area contributed by atoms with Crippen molar-refractivity contribution in [2.45, 2.75) is 25.8 Å². The Labute approximate surface area is 149 Å². The minimum atomic E-state index is -0.450. The molecule has 0 radical (unpaired) electrons. The average Bonchev–Trinajstić information content (AvgIpc) is 2.94. The standard InChI is InChI=1S/C19H17ClFNOS/c1-12(9-13-11-24-18-8-3-2-5-14(13)18)22-19(23)10-15-16(20)6-4-7-17(15)21/h2-8,11-12H,9-10H2,1H3,(H,22,23). The Kier molecular flexibility index (Phi) is 5.17. The maximum Gasteiger partial charge on any atom is 0.224 e. The van der Waals surface area contributed by atoms with Crippen LogP contribution in [-0.2, 0) is 17.6 Å². The van der Waals surface area contributed by atoms with Crippen molar-refractivity contribution in [1.29, 1.82) is 0 Å². The van der Waals surface area contributed by atoms with Crippen molar-refractivity contribution in [2.75, 3.05) is 0 Å². The molecule has 124 valence electrons. The molecule has 3 aromatic rings. The van der Waals surface area contributed by atoms with Crippen LogP contribution in [0.4, 0.5) is 4.39 Å². The lowest BCUT2D eigenvalue weighted by atomic mass is 10.1. The second-order valence-electron chi connectivity index (χ2n) is 5.81. The van der Waals surface area contributed by atoms with Crippen LogP contribution in [-0.4, -0.2) is 11.9 Å². The summed E-state index contributed by atoms with van der Waals surface area (Å²) in [5, 5.41) is 6.55. The lowest BCUT2D eigenvalue weighted by molar-refractivity contribution is -0.121. The third kappa shape index (κ3) is 3.77. The maximum absolute atomic E-state index is 13.8. The van der Waals surface area contributed by atoms with E-state index in [1.165, 1.54) is 27.8 Å². The highest BCUT2D eigenvalue weighted by molar-refractivity contribution is 7.17. The van der Waals surface area contributed by atoms with Gasteiger partial charge in [0, 0.05) is 21.3 Å². The van der Waals surface area contributed by atoms with Crippen molar-refractivity contribution >= 4 is 38.9 Å². The minimum absolute atomic E-state index is 0.0407. The number of hydrogen-bond acceptors (Lipinski definition) is 2. The molecule has 1 amide bonds. The Morgan fingerprint density at radius 3 is 2.83 bits per heavy atom. The van der Waals surface area contributed by atoms with Gasteiger partial charge < -0.3 is 5.32 Å². The number of hydrogen-bond donors (Lipinski definition) is 1. The van der Waals surface area contributed by atoms with Gasteiger partial charge in [0.05, 0.1) is 6.42 Å². The maximum atomic E-state index is 13.8. The van der Waals surface area contributed by atoms with E-state index >= 15 is 0 Å². The molecule has 1 heterocycles. The molecule has 24 heavy (non-hydrogen) atoms. The summed E-state index contributed by atoms with van der Waals surface area (Å²) < 4.78 is 15.0. The predicted octanol–water partition coefficient (Wildman–Crippen LogP) is 4.98. The molecule has 1 atom stereocenters. The Balaban J connectivity index is 1.64. The summed E-state index contributed by atoms with van der Waals surface area (Å²) >= 11 is 7.67. The average molecular weight is 362 g/mol. The van der Waals surface area contributed by atoms with Crippen LogP contribution in [0.3, 0.4) is 0 Å². The van der Waals surface area contributed by atoms with E-state index in [1.54, 1.807) is 17.4 Å². The van der Waals surface area contributed by atoms with Gasteiger partial charge in [-0.3, -0.25) is 4.79 Å². The van der Waals surface area contributed by atoms with Gasteiger partial charge in [0.15, 0.2) is 0 Å². The quantitative estimate of drug-likeness (QED) is 0.682. The van der Waals surface area contributed by atoms with Crippen LogP contribution in [0.1, 0.15) is 18.1 Å². The molecule has 5 heteroatoms. The van der Waals surface area contributed by atoms with Gasteiger partial charge in [0.1, 0.15) is 5.82 Å². The van der Waals surface area contributed by atoms with Crippen LogP contribution in [0.2, 0.25) is 5.02 Å². The first-order valence-electron chi connectivity index (χ1n) is 7.72. The van der Waals surface area contributed by atoms with Gasteiger partial charge in [-0.25, -0.2) is 4.39 Å². The van der Waals surface area contributed by atoms with Gasteiger partial charge in [-0.1, -0.05) is 35.9 Å². The van der Waals surface area contributed by atoms with Crippen LogP contribution in [0, 0.1) is 5.82 Å². The first-order chi connectivity index (χ1) is 11.5. The van der Waals surface area contributed by atoms with E-state index in [4.69, 9.17) is 11.6 Å². The number of benzene rings is 2. The summed E-state index contributed by atoms with van der Waals surface area (Å²) in [6, 6.07) is 12.6. The fourth-order valence-electron chi connectivity index (χ4n) is 2.76. The third-order valence-corrected chi connectivity index (χ3v) is 5.26. The zero-order valence-corrected chi connectivity index (χ0v) is 14.8. The van der Waals surface area contributed by atoms with Gasteiger partial charge in [-0.15, -0.1) is 11.3 Å². The van der Waals surface area contributed by atoms with Crippen LogP contribution < -0.4 is 5.32 Å². The second-order valence-corrected chi connectivity index (χ2v) is 7.13. The van der Waals surface area contributed by atoms with Gasteiger partial charge in [0.25, 0.3) is 0 Å². The van der Waals surface area contributed by atoms with Gasteiger partial charge in [-0.2, -0.15) is 0 Å². The van der Waals surface area contributed by atoms with E-state index < -0.39 is 5.82 Å². The van der Waals surface area contributed by atoms with Crippen molar-refractivity contribution in [2.24, 2.45) is 0 Å². The summed E-state index contributed by atoms with van der Waals surface area (Å²) in [5.41, 5.74) is 1.46. The Bertz CT molecular complexity index is 856. The summed E-state index contributed by atoms with van der Waals surface area (Å²) in [5.74, 6) is -0.678. The number of rotatable bonds is 5. The lowest BCUT2D eigenvalue weighted by Gasteiger charge is -2.14. The molecule has 0 aliphatic rings. The fourth-order valence-corrected chi connectivity index (χ4v) is 3.96. The largest absolute Gasteiger partial charge is 0.353 e. The molecule has 2 nitrogen and oxygen atoms in total. The predicted molar refractivity (Wildman–Crippen MR) is 98.2 cm³/mol.